The third-order valence-electron chi connectivity index (χ3n) is 1.67. The molecule has 5 nitrogen and oxygen atoms in total. The van der Waals surface area contributed by atoms with Crippen molar-refractivity contribution >= 4 is 11.8 Å². The van der Waals surface area contributed by atoms with E-state index in [1.807, 2.05) is 0 Å². The van der Waals surface area contributed by atoms with Crippen LogP contribution in [-0.2, 0) is 0 Å². The first-order chi connectivity index (χ1) is 7.17. The van der Waals surface area contributed by atoms with Crippen LogP contribution in [0.5, 0.6) is 0 Å². The van der Waals surface area contributed by atoms with Crippen LogP contribution in [0.3, 0.4) is 0 Å². The van der Waals surface area contributed by atoms with Crippen molar-refractivity contribution in [1.82, 2.24) is 0 Å². The van der Waals surface area contributed by atoms with E-state index < -0.39 is 0 Å². The molecule has 5 heteroatoms. The van der Waals surface area contributed by atoms with Crippen LogP contribution in [-0.4, -0.2) is 5.21 Å². The minimum atomic E-state index is -0.261. The molecule has 0 aliphatic carbocycles. The second kappa shape index (κ2) is 4.77. The molecule has 0 amide bonds. The second-order valence-electron chi connectivity index (χ2n) is 2.65. The molecule has 0 fully saturated rings. The summed E-state index contributed by atoms with van der Waals surface area (Å²) in [7, 11) is 0. The molecule has 74 valence electrons. The number of anilines is 1. The van der Waals surface area contributed by atoms with Crippen LogP contribution in [0.2, 0.25) is 0 Å². The van der Waals surface area contributed by atoms with Crippen LogP contribution in [0.25, 0.3) is 6.08 Å². The van der Waals surface area contributed by atoms with E-state index in [1.54, 1.807) is 12.1 Å². The lowest BCUT2D eigenvalue weighted by molar-refractivity contribution is 0.296. The Hall–Kier alpha value is -2.34. The normalized spacial score (nSPS) is 8.53. The Bertz CT molecular complexity index is 433. The first-order valence-corrected chi connectivity index (χ1v) is 3.95. The van der Waals surface area contributed by atoms with Gasteiger partial charge in [-0.2, -0.15) is 10.5 Å². The highest BCUT2D eigenvalue weighted by Crippen LogP contribution is 2.14. The molecule has 0 aromatic heterocycles. The van der Waals surface area contributed by atoms with Crippen LogP contribution in [0, 0.1) is 27.9 Å². The van der Waals surface area contributed by atoms with Crippen molar-refractivity contribution in [3.05, 3.63) is 40.6 Å². The van der Waals surface area contributed by atoms with E-state index in [1.165, 1.54) is 30.3 Å². The van der Waals surface area contributed by atoms with Gasteiger partial charge >= 0.3 is 0 Å². The van der Waals surface area contributed by atoms with E-state index in [0.717, 1.165) is 0 Å². The zero-order valence-corrected chi connectivity index (χ0v) is 7.58. The predicted molar refractivity (Wildman–Crippen MR) is 53.3 cm³/mol. The third-order valence-corrected chi connectivity index (χ3v) is 1.67. The van der Waals surface area contributed by atoms with Crippen molar-refractivity contribution in [1.29, 1.82) is 10.5 Å². The average Bonchev–Trinajstić information content (AvgIpc) is 2.26. The van der Waals surface area contributed by atoms with E-state index in [9.17, 15) is 5.21 Å². The number of hydrogen-bond donors (Lipinski definition) is 1. The van der Waals surface area contributed by atoms with Crippen LogP contribution < -0.4 is 5.23 Å². The SMILES string of the molecule is N#CC(C#N)=Cc1ccc(N([O-])O)cc1. The summed E-state index contributed by atoms with van der Waals surface area (Å²) < 4.78 is 0. The summed E-state index contributed by atoms with van der Waals surface area (Å²) in [5.41, 5.74) is 0.673. The second-order valence-corrected chi connectivity index (χ2v) is 2.65. The third kappa shape index (κ3) is 2.82. The lowest BCUT2D eigenvalue weighted by atomic mass is 10.1. The molecular formula is C10H6N3O2-. The highest BCUT2D eigenvalue weighted by molar-refractivity contribution is 5.63. The highest BCUT2D eigenvalue weighted by Gasteiger charge is 1.95. The molecule has 1 rings (SSSR count). The Morgan fingerprint density at radius 2 is 1.80 bits per heavy atom. The lowest BCUT2D eigenvalue weighted by Crippen LogP contribution is -2.06. The van der Waals surface area contributed by atoms with Gasteiger partial charge in [-0.25, -0.2) is 0 Å². The van der Waals surface area contributed by atoms with Crippen molar-refractivity contribution in [3.63, 3.8) is 0 Å². The Morgan fingerprint density at radius 3 is 2.20 bits per heavy atom. The monoisotopic (exact) mass is 200 g/mol. The van der Waals surface area contributed by atoms with E-state index >= 15 is 0 Å². The molecule has 15 heavy (non-hydrogen) atoms. The quantitative estimate of drug-likeness (QED) is 0.580. The van der Waals surface area contributed by atoms with Crippen LogP contribution in [0.15, 0.2) is 29.8 Å². The first-order valence-electron chi connectivity index (χ1n) is 3.95. The highest BCUT2D eigenvalue weighted by atomic mass is 16.8. The topological polar surface area (TPSA) is 94.1 Å². The van der Waals surface area contributed by atoms with Crippen molar-refractivity contribution in [2.45, 2.75) is 0 Å². The molecule has 1 aromatic carbocycles. The summed E-state index contributed by atoms with van der Waals surface area (Å²) in [6, 6.07) is 9.23. The maximum atomic E-state index is 10.4. The first kappa shape index (κ1) is 10.7. The van der Waals surface area contributed by atoms with E-state index in [-0.39, 0.29) is 16.5 Å². The molecule has 0 aliphatic rings. The molecule has 0 saturated heterocycles. The fraction of sp³-hybridized carbons (Fsp3) is 0. The fourth-order valence-corrected chi connectivity index (χ4v) is 0.954. The number of allylic oxidation sites excluding steroid dienone is 1. The Balaban J connectivity index is 2.97. The van der Waals surface area contributed by atoms with Crippen molar-refractivity contribution in [2.24, 2.45) is 0 Å². The summed E-state index contributed by atoms with van der Waals surface area (Å²) in [6.07, 6.45) is 1.39. The Morgan fingerprint density at radius 1 is 1.27 bits per heavy atom. The maximum Gasteiger partial charge on any atom is 0.130 e. The molecule has 0 heterocycles. The molecule has 0 aliphatic heterocycles. The lowest BCUT2D eigenvalue weighted by Gasteiger charge is -2.21. The van der Waals surface area contributed by atoms with Crippen LogP contribution in [0.4, 0.5) is 5.69 Å². The van der Waals surface area contributed by atoms with Crippen molar-refractivity contribution < 1.29 is 5.21 Å². The van der Waals surface area contributed by atoms with Gasteiger partial charge in [0.25, 0.3) is 0 Å². The van der Waals surface area contributed by atoms with E-state index in [2.05, 4.69) is 0 Å². The summed E-state index contributed by atoms with van der Waals surface area (Å²) in [5.74, 6) is 0. The van der Waals surface area contributed by atoms with Gasteiger partial charge in [-0.3, -0.25) is 5.21 Å². The summed E-state index contributed by atoms with van der Waals surface area (Å²) >= 11 is 0. The van der Waals surface area contributed by atoms with Gasteiger partial charge in [-0.05, 0) is 23.8 Å². The molecule has 1 N–H and O–H groups in total. The molecule has 0 saturated carbocycles. The minimum Gasteiger partial charge on any atom is -0.733 e. The van der Waals surface area contributed by atoms with Gasteiger partial charge in [0.15, 0.2) is 0 Å². The van der Waals surface area contributed by atoms with Gasteiger partial charge in [0.05, 0.1) is 5.69 Å². The number of rotatable bonds is 2. The van der Waals surface area contributed by atoms with Crippen LogP contribution >= 0.6 is 0 Å². The number of hydrogen-bond acceptors (Lipinski definition) is 5. The van der Waals surface area contributed by atoms with Gasteiger partial charge in [-0.15, -0.1) is 0 Å². The number of nitrogens with zero attached hydrogens (tertiary/aromatic N) is 3. The van der Waals surface area contributed by atoms with E-state index in [0.29, 0.717) is 5.56 Å². The zero-order chi connectivity index (χ0) is 11.3. The molecule has 0 spiro atoms. The largest absolute Gasteiger partial charge is 0.733 e. The maximum absolute atomic E-state index is 10.4. The van der Waals surface area contributed by atoms with Crippen LogP contribution in [0.1, 0.15) is 5.56 Å². The molecular weight excluding hydrogens is 194 g/mol. The molecule has 1 aromatic rings. The van der Waals surface area contributed by atoms with Gasteiger partial charge < -0.3 is 10.4 Å². The Kier molecular flexibility index (Phi) is 3.42. The number of nitriles is 2. The Labute approximate surface area is 86.2 Å². The molecule has 0 unspecified atom stereocenters. The van der Waals surface area contributed by atoms with Gasteiger partial charge in [0.2, 0.25) is 0 Å². The van der Waals surface area contributed by atoms with Crippen molar-refractivity contribution in [2.75, 3.05) is 5.23 Å². The average molecular weight is 200 g/mol. The smallest absolute Gasteiger partial charge is 0.130 e. The summed E-state index contributed by atoms with van der Waals surface area (Å²) in [6.45, 7) is 0. The fourth-order valence-electron chi connectivity index (χ4n) is 0.954. The molecule has 0 atom stereocenters. The minimum absolute atomic E-state index is 0.0225. The molecule has 0 bridgehead atoms. The molecule has 0 radical (unpaired) electrons. The van der Waals surface area contributed by atoms with Gasteiger partial charge in [-0.1, -0.05) is 12.1 Å². The standard InChI is InChI=1S/C10H6N3O2/c11-6-9(7-12)5-8-1-3-10(4-2-8)13(14)15/h1-5,14H/q-1. The zero-order valence-electron chi connectivity index (χ0n) is 7.58. The van der Waals surface area contributed by atoms with Gasteiger partial charge in [0.1, 0.15) is 17.7 Å². The van der Waals surface area contributed by atoms with E-state index in [4.69, 9.17) is 15.7 Å². The summed E-state index contributed by atoms with van der Waals surface area (Å²) in [4.78, 5) is 0. The number of benzene rings is 1. The van der Waals surface area contributed by atoms with Crippen molar-refractivity contribution in [3.8, 4) is 12.1 Å². The van der Waals surface area contributed by atoms with Gasteiger partial charge in [0, 0.05) is 0 Å². The summed E-state index contributed by atoms with van der Waals surface area (Å²) in [5, 5.41) is 35.7. The predicted octanol–water partition coefficient (Wildman–Crippen LogP) is 1.81.